The maximum absolute atomic E-state index is 10.3. The van der Waals surface area contributed by atoms with Crippen LogP contribution in [0.2, 0.25) is 0 Å². The number of carbonyl (C=O) groups is 1. The molecule has 2 atom stereocenters. The van der Waals surface area contributed by atoms with E-state index in [1.807, 2.05) is 0 Å². The standard InChI is InChI=1S/C11H20O3/c1-9(2)10(3)5-4-6-11(13,7-10)14-8-12/h8-9,13H,4-7H2,1-3H3. The summed E-state index contributed by atoms with van der Waals surface area (Å²) < 4.78 is 4.79. The summed E-state index contributed by atoms with van der Waals surface area (Å²) in [5, 5.41) is 10.0. The monoisotopic (exact) mass is 200 g/mol. The molecule has 1 aliphatic rings. The lowest BCUT2D eigenvalue weighted by atomic mass is 9.66. The second-order valence-corrected chi connectivity index (χ2v) is 5.00. The molecule has 0 aliphatic heterocycles. The van der Waals surface area contributed by atoms with Gasteiger partial charge in [0.1, 0.15) is 0 Å². The summed E-state index contributed by atoms with van der Waals surface area (Å²) in [6.45, 7) is 6.79. The van der Waals surface area contributed by atoms with Crippen molar-refractivity contribution in [2.24, 2.45) is 11.3 Å². The molecular weight excluding hydrogens is 180 g/mol. The Hall–Kier alpha value is -0.570. The van der Waals surface area contributed by atoms with Crippen LogP contribution < -0.4 is 0 Å². The van der Waals surface area contributed by atoms with Gasteiger partial charge in [-0.25, -0.2) is 0 Å². The van der Waals surface area contributed by atoms with Crippen molar-refractivity contribution in [2.45, 2.75) is 52.2 Å². The highest BCUT2D eigenvalue weighted by Crippen LogP contribution is 2.46. The lowest BCUT2D eigenvalue weighted by Gasteiger charge is -2.44. The number of rotatable bonds is 3. The van der Waals surface area contributed by atoms with E-state index in [-0.39, 0.29) is 5.41 Å². The van der Waals surface area contributed by atoms with Crippen LogP contribution in [0.25, 0.3) is 0 Å². The molecular formula is C11H20O3. The van der Waals surface area contributed by atoms with Gasteiger partial charge >= 0.3 is 0 Å². The Balaban J connectivity index is 2.72. The van der Waals surface area contributed by atoms with Crippen molar-refractivity contribution in [1.29, 1.82) is 0 Å². The smallest absolute Gasteiger partial charge is 0.295 e. The van der Waals surface area contributed by atoms with E-state index in [0.29, 0.717) is 25.2 Å². The second kappa shape index (κ2) is 3.89. The molecule has 0 aromatic rings. The second-order valence-electron chi connectivity index (χ2n) is 5.00. The average Bonchev–Trinajstić information content (AvgIpc) is 2.03. The molecule has 0 amide bonds. The van der Waals surface area contributed by atoms with Crippen LogP contribution in [0.4, 0.5) is 0 Å². The third kappa shape index (κ3) is 2.27. The third-order valence-corrected chi connectivity index (χ3v) is 3.66. The minimum atomic E-state index is -1.22. The largest absolute Gasteiger partial charge is 0.435 e. The van der Waals surface area contributed by atoms with Crippen molar-refractivity contribution in [3.05, 3.63) is 0 Å². The van der Waals surface area contributed by atoms with Crippen LogP contribution in [0, 0.1) is 11.3 Å². The van der Waals surface area contributed by atoms with Crippen molar-refractivity contribution in [3.8, 4) is 0 Å². The Labute approximate surface area is 85.5 Å². The minimum absolute atomic E-state index is 0.0794. The zero-order valence-corrected chi connectivity index (χ0v) is 9.25. The highest BCUT2D eigenvalue weighted by atomic mass is 16.6. The predicted molar refractivity (Wildman–Crippen MR) is 53.5 cm³/mol. The van der Waals surface area contributed by atoms with E-state index in [2.05, 4.69) is 20.8 Å². The number of hydrogen-bond acceptors (Lipinski definition) is 3. The van der Waals surface area contributed by atoms with Crippen molar-refractivity contribution >= 4 is 6.47 Å². The maximum Gasteiger partial charge on any atom is 0.295 e. The molecule has 0 spiro atoms. The van der Waals surface area contributed by atoms with Gasteiger partial charge < -0.3 is 9.84 Å². The fraction of sp³-hybridized carbons (Fsp3) is 0.909. The van der Waals surface area contributed by atoms with Gasteiger partial charge in [-0.05, 0) is 24.2 Å². The summed E-state index contributed by atoms with van der Waals surface area (Å²) in [5.41, 5.74) is 0.0794. The normalized spacial score (nSPS) is 38.4. The van der Waals surface area contributed by atoms with Gasteiger partial charge in [0.15, 0.2) is 0 Å². The summed E-state index contributed by atoms with van der Waals surface area (Å²) in [4.78, 5) is 10.3. The quantitative estimate of drug-likeness (QED) is 0.560. The van der Waals surface area contributed by atoms with Crippen molar-refractivity contribution in [2.75, 3.05) is 0 Å². The SMILES string of the molecule is CC(C)C1(C)CCCC(O)(OC=O)C1. The molecule has 0 aromatic heterocycles. The van der Waals surface area contributed by atoms with Crippen molar-refractivity contribution < 1.29 is 14.6 Å². The first-order valence-corrected chi connectivity index (χ1v) is 5.26. The van der Waals surface area contributed by atoms with Gasteiger partial charge in [0, 0.05) is 12.8 Å². The topological polar surface area (TPSA) is 46.5 Å². The lowest BCUT2D eigenvalue weighted by Crippen LogP contribution is -2.44. The fourth-order valence-corrected chi connectivity index (χ4v) is 2.26. The van der Waals surface area contributed by atoms with Crippen LogP contribution in [-0.2, 0) is 9.53 Å². The van der Waals surface area contributed by atoms with Crippen LogP contribution in [0.1, 0.15) is 46.5 Å². The molecule has 1 fully saturated rings. The predicted octanol–water partition coefficient (Wildman–Crippen LogP) is 2.08. The Morgan fingerprint density at radius 3 is 2.57 bits per heavy atom. The average molecular weight is 200 g/mol. The highest BCUT2D eigenvalue weighted by Gasteiger charge is 2.44. The summed E-state index contributed by atoms with van der Waals surface area (Å²) in [5.74, 6) is -0.733. The zero-order chi connectivity index (χ0) is 10.8. The van der Waals surface area contributed by atoms with E-state index in [1.54, 1.807) is 0 Å². The molecule has 14 heavy (non-hydrogen) atoms. The fourth-order valence-electron chi connectivity index (χ4n) is 2.26. The first kappa shape index (κ1) is 11.5. The lowest BCUT2D eigenvalue weighted by molar-refractivity contribution is -0.226. The van der Waals surface area contributed by atoms with Gasteiger partial charge in [-0.15, -0.1) is 0 Å². The van der Waals surface area contributed by atoms with Gasteiger partial charge in [-0.3, -0.25) is 4.79 Å². The first-order chi connectivity index (χ1) is 6.42. The van der Waals surface area contributed by atoms with E-state index >= 15 is 0 Å². The Morgan fingerprint density at radius 1 is 1.43 bits per heavy atom. The van der Waals surface area contributed by atoms with E-state index in [0.717, 1.165) is 12.8 Å². The minimum Gasteiger partial charge on any atom is -0.435 e. The number of hydrogen-bond donors (Lipinski definition) is 1. The van der Waals surface area contributed by atoms with E-state index in [9.17, 15) is 9.90 Å². The Kier molecular flexibility index (Phi) is 3.20. The van der Waals surface area contributed by atoms with Gasteiger partial charge in [-0.2, -0.15) is 0 Å². The van der Waals surface area contributed by atoms with Crippen LogP contribution in [0.15, 0.2) is 0 Å². The van der Waals surface area contributed by atoms with E-state index < -0.39 is 5.79 Å². The molecule has 0 aromatic carbocycles. The van der Waals surface area contributed by atoms with E-state index in [1.165, 1.54) is 0 Å². The molecule has 3 nitrogen and oxygen atoms in total. The van der Waals surface area contributed by atoms with Gasteiger partial charge in [0.25, 0.3) is 6.47 Å². The van der Waals surface area contributed by atoms with Gasteiger partial charge in [0.05, 0.1) is 0 Å². The molecule has 0 bridgehead atoms. The molecule has 1 rings (SSSR count). The first-order valence-electron chi connectivity index (χ1n) is 5.26. The Morgan fingerprint density at radius 2 is 2.07 bits per heavy atom. The van der Waals surface area contributed by atoms with Crippen LogP contribution >= 0.6 is 0 Å². The number of aliphatic hydroxyl groups is 1. The van der Waals surface area contributed by atoms with Crippen molar-refractivity contribution in [3.63, 3.8) is 0 Å². The molecule has 1 aliphatic carbocycles. The van der Waals surface area contributed by atoms with Gasteiger partial charge in [0.2, 0.25) is 5.79 Å². The molecule has 1 saturated carbocycles. The molecule has 0 saturated heterocycles. The van der Waals surface area contributed by atoms with Crippen LogP contribution in [-0.4, -0.2) is 17.4 Å². The maximum atomic E-state index is 10.3. The Bertz CT molecular complexity index is 215. The molecule has 2 unspecified atom stereocenters. The molecule has 3 heteroatoms. The van der Waals surface area contributed by atoms with Crippen LogP contribution in [0.5, 0.6) is 0 Å². The van der Waals surface area contributed by atoms with E-state index in [4.69, 9.17) is 4.74 Å². The number of carbonyl (C=O) groups excluding carboxylic acids is 1. The summed E-state index contributed by atoms with van der Waals surface area (Å²) in [7, 11) is 0. The summed E-state index contributed by atoms with van der Waals surface area (Å²) >= 11 is 0. The molecule has 1 N–H and O–H groups in total. The van der Waals surface area contributed by atoms with Crippen molar-refractivity contribution in [1.82, 2.24) is 0 Å². The molecule has 0 radical (unpaired) electrons. The number of ether oxygens (including phenoxy) is 1. The summed E-state index contributed by atoms with van der Waals surface area (Å²) in [6, 6.07) is 0. The molecule has 0 heterocycles. The summed E-state index contributed by atoms with van der Waals surface area (Å²) in [6.07, 6.45) is 3.12. The highest BCUT2D eigenvalue weighted by molar-refractivity contribution is 5.38. The third-order valence-electron chi connectivity index (χ3n) is 3.66. The zero-order valence-electron chi connectivity index (χ0n) is 9.25. The van der Waals surface area contributed by atoms with Gasteiger partial charge in [-0.1, -0.05) is 20.8 Å². The molecule has 82 valence electrons. The van der Waals surface area contributed by atoms with Crippen LogP contribution in [0.3, 0.4) is 0 Å².